The van der Waals surface area contributed by atoms with Gasteiger partial charge < -0.3 is 5.11 Å². The molecule has 0 radical (unpaired) electrons. The lowest BCUT2D eigenvalue weighted by atomic mass is 10.2. The lowest BCUT2D eigenvalue weighted by Gasteiger charge is -2.04. The van der Waals surface area contributed by atoms with Gasteiger partial charge in [-0.1, -0.05) is 30.4 Å². The first kappa shape index (κ1) is 12.1. The molecule has 1 aromatic carbocycles. The van der Waals surface area contributed by atoms with Crippen molar-refractivity contribution in [1.82, 2.24) is 5.43 Å². The lowest BCUT2D eigenvalue weighted by Crippen LogP contribution is -2.19. The van der Waals surface area contributed by atoms with E-state index in [-0.39, 0.29) is 11.3 Å². The van der Waals surface area contributed by atoms with E-state index in [2.05, 4.69) is 10.5 Å². The fourth-order valence-electron chi connectivity index (χ4n) is 1.65. The van der Waals surface area contributed by atoms with Gasteiger partial charge in [-0.05, 0) is 31.1 Å². The second-order valence-electron chi connectivity index (χ2n) is 3.95. The maximum atomic E-state index is 11.8. The van der Waals surface area contributed by atoms with Gasteiger partial charge in [-0.3, -0.25) is 4.79 Å². The predicted molar refractivity (Wildman–Crippen MR) is 70.5 cm³/mol. The monoisotopic (exact) mass is 242 g/mol. The van der Waals surface area contributed by atoms with Crippen LogP contribution in [0.2, 0.25) is 0 Å². The van der Waals surface area contributed by atoms with Gasteiger partial charge in [0.25, 0.3) is 5.91 Å². The Morgan fingerprint density at radius 3 is 2.83 bits per heavy atom. The largest absolute Gasteiger partial charge is 0.507 e. The summed E-state index contributed by atoms with van der Waals surface area (Å²) in [6.07, 6.45) is 6.92. The maximum Gasteiger partial charge on any atom is 0.275 e. The summed E-state index contributed by atoms with van der Waals surface area (Å²) in [6.45, 7) is 1.83. The van der Waals surface area contributed by atoms with Crippen LogP contribution in [0, 0.1) is 0 Å². The van der Waals surface area contributed by atoms with Crippen molar-refractivity contribution < 1.29 is 9.90 Å². The van der Waals surface area contributed by atoms with Crippen molar-refractivity contribution in [3.8, 4) is 5.75 Å². The molecule has 0 aliphatic heterocycles. The topological polar surface area (TPSA) is 61.7 Å². The smallest absolute Gasteiger partial charge is 0.275 e. The number of nitrogens with one attached hydrogen (secondary N) is 1. The Balaban J connectivity index is 2.07. The summed E-state index contributed by atoms with van der Waals surface area (Å²) in [6, 6.07) is 6.36. The van der Waals surface area contributed by atoms with Gasteiger partial charge in [0, 0.05) is 0 Å². The van der Waals surface area contributed by atoms with Crippen LogP contribution in [-0.2, 0) is 0 Å². The summed E-state index contributed by atoms with van der Waals surface area (Å²) in [5, 5.41) is 13.5. The third-order valence-electron chi connectivity index (χ3n) is 2.66. The number of nitrogens with zero attached hydrogens (tertiary/aromatic N) is 1. The summed E-state index contributed by atoms with van der Waals surface area (Å²) in [5.74, 6) is -0.474. The second-order valence-corrected chi connectivity index (χ2v) is 3.95. The van der Waals surface area contributed by atoms with Gasteiger partial charge in [0.2, 0.25) is 0 Å². The molecule has 4 nitrogen and oxygen atoms in total. The molecule has 18 heavy (non-hydrogen) atoms. The number of carbonyl (C=O) groups excluding carboxylic acids is 1. The maximum absolute atomic E-state index is 11.8. The highest BCUT2D eigenvalue weighted by atomic mass is 16.3. The number of phenolic OH excluding ortho intramolecular Hbond substituents is 1. The van der Waals surface area contributed by atoms with Crippen LogP contribution in [0.1, 0.15) is 23.7 Å². The van der Waals surface area contributed by atoms with E-state index in [4.69, 9.17) is 0 Å². The molecule has 2 N–H and O–H groups in total. The van der Waals surface area contributed by atoms with Crippen LogP contribution in [0.25, 0.3) is 0 Å². The molecular weight excluding hydrogens is 228 g/mol. The van der Waals surface area contributed by atoms with Crippen LogP contribution >= 0.6 is 0 Å². The molecule has 1 aliphatic carbocycles. The van der Waals surface area contributed by atoms with Gasteiger partial charge in [0.1, 0.15) is 5.75 Å². The summed E-state index contributed by atoms with van der Waals surface area (Å²) in [4.78, 5) is 11.8. The highest BCUT2D eigenvalue weighted by molar-refractivity contribution is 6.03. The van der Waals surface area contributed by atoms with E-state index in [1.807, 2.05) is 25.2 Å². The number of allylic oxidation sites excluding steroid dienone is 4. The summed E-state index contributed by atoms with van der Waals surface area (Å²) in [7, 11) is 0. The summed E-state index contributed by atoms with van der Waals surface area (Å²) < 4.78 is 0. The number of hydrogen-bond donors (Lipinski definition) is 2. The van der Waals surface area contributed by atoms with E-state index < -0.39 is 5.91 Å². The fourth-order valence-corrected chi connectivity index (χ4v) is 1.65. The molecule has 0 bridgehead atoms. The van der Waals surface area contributed by atoms with E-state index in [0.717, 1.165) is 17.7 Å². The van der Waals surface area contributed by atoms with Gasteiger partial charge in [0.15, 0.2) is 0 Å². The molecule has 0 fully saturated rings. The van der Waals surface area contributed by atoms with E-state index in [0.29, 0.717) is 0 Å². The molecule has 0 atom stereocenters. The third kappa shape index (κ3) is 2.66. The number of rotatable bonds is 3. The van der Waals surface area contributed by atoms with Gasteiger partial charge in [-0.2, -0.15) is 5.10 Å². The molecular formula is C14H14N2O2. The van der Waals surface area contributed by atoms with Crippen molar-refractivity contribution in [2.45, 2.75) is 13.3 Å². The van der Waals surface area contributed by atoms with Crippen LogP contribution < -0.4 is 5.43 Å². The van der Waals surface area contributed by atoms with Crippen LogP contribution in [0.3, 0.4) is 0 Å². The summed E-state index contributed by atoms with van der Waals surface area (Å²) >= 11 is 0. The minimum absolute atomic E-state index is 0.0529. The highest BCUT2D eigenvalue weighted by Gasteiger charge is 2.09. The van der Waals surface area contributed by atoms with Gasteiger partial charge >= 0.3 is 0 Å². The van der Waals surface area contributed by atoms with E-state index in [9.17, 15) is 9.90 Å². The van der Waals surface area contributed by atoms with Crippen LogP contribution in [0.4, 0.5) is 0 Å². The number of amides is 1. The van der Waals surface area contributed by atoms with Crippen molar-refractivity contribution in [3.05, 3.63) is 53.6 Å². The van der Waals surface area contributed by atoms with E-state index >= 15 is 0 Å². The van der Waals surface area contributed by atoms with Crippen LogP contribution in [-0.4, -0.2) is 16.7 Å². The first-order valence-electron chi connectivity index (χ1n) is 5.68. The number of carbonyl (C=O) groups is 1. The number of hydrogen-bond acceptors (Lipinski definition) is 3. The number of hydrazone groups is 1. The molecule has 0 unspecified atom stereocenters. The minimum Gasteiger partial charge on any atom is -0.507 e. The number of phenols is 1. The Morgan fingerprint density at radius 1 is 1.39 bits per heavy atom. The van der Waals surface area contributed by atoms with Crippen molar-refractivity contribution >= 4 is 11.6 Å². The molecule has 0 saturated heterocycles. The molecule has 0 heterocycles. The fraction of sp³-hybridized carbons (Fsp3) is 0.143. The molecule has 0 spiro atoms. The Bertz CT molecular complexity index is 557. The standard InChI is InChI=1S/C14H14N2O2/c1-10(11-6-2-3-7-11)15-16-14(18)12-8-4-5-9-13(12)17/h2,4-9,17H,3H2,1H3,(H,16,18). The number of para-hydroxylation sites is 1. The first-order valence-corrected chi connectivity index (χ1v) is 5.68. The molecule has 2 rings (SSSR count). The first-order chi connectivity index (χ1) is 8.68. The quantitative estimate of drug-likeness (QED) is 0.631. The normalized spacial score (nSPS) is 14.5. The molecule has 1 aromatic rings. The van der Waals surface area contributed by atoms with Crippen LogP contribution in [0.15, 0.2) is 53.2 Å². The Hall–Kier alpha value is -2.36. The Labute approximate surface area is 105 Å². The SMILES string of the molecule is CC(=NNC(=O)c1ccccc1O)C1=CCC=C1. The van der Waals surface area contributed by atoms with E-state index in [1.54, 1.807) is 18.2 Å². The zero-order valence-electron chi connectivity index (χ0n) is 10.1. The average molecular weight is 242 g/mol. The van der Waals surface area contributed by atoms with Gasteiger partial charge in [-0.15, -0.1) is 0 Å². The molecule has 0 aromatic heterocycles. The Morgan fingerprint density at radius 2 is 2.17 bits per heavy atom. The molecule has 1 amide bonds. The molecule has 92 valence electrons. The van der Waals surface area contributed by atoms with Gasteiger partial charge in [-0.25, -0.2) is 5.43 Å². The van der Waals surface area contributed by atoms with E-state index in [1.165, 1.54) is 6.07 Å². The minimum atomic E-state index is -0.421. The summed E-state index contributed by atoms with van der Waals surface area (Å²) in [5.41, 5.74) is 4.39. The third-order valence-corrected chi connectivity index (χ3v) is 2.66. The van der Waals surface area contributed by atoms with Crippen LogP contribution in [0.5, 0.6) is 5.75 Å². The predicted octanol–water partition coefficient (Wildman–Crippen LogP) is 2.38. The Kier molecular flexibility index (Phi) is 3.57. The molecule has 0 saturated carbocycles. The van der Waals surface area contributed by atoms with Crippen molar-refractivity contribution in [3.63, 3.8) is 0 Å². The van der Waals surface area contributed by atoms with Crippen molar-refractivity contribution in [2.24, 2.45) is 5.10 Å². The number of aromatic hydroxyl groups is 1. The van der Waals surface area contributed by atoms with Crippen molar-refractivity contribution in [2.75, 3.05) is 0 Å². The molecule has 1 aliphatic rings. The highest BCUT2D eigenvalue weighted by Crippen LogP contribution is 2.15. The lowest BCUT2D eigenvalue weighted by molar-refractivity contribution is 0.0952. The second kappa shape index (κ2) is 5.31. The van der Waals surface area contributed by atoms with Gasteiger partial charge in [0.05, 0.1) is 11.3 Å². The van der Waals surface area contributed by atoms with Crippen molar-refractivity contribution in [1.29, 1.82) is 0 Å². The number of benzene rings is 1. The zero-order valence-corrected chi connectivity index (χ0v) is 10.1. The average Bonchev–Trinajstić information content (AvgIpc) is 2.90. The zero-order chi connectivity index (χ0) is 13.0. The molecule has 4 heteroatoms.